The van der Waals surface area contributed by atoms with Crippen LogP contribution in [0, 0.1) is 0 Å². The molecule has 0 spiro atoms. The number of aliphatic hydroxyl groups excluding tert-OH is 1. The summed E-state index contributed by atoms with van der Waals surface area (Å²) in [5.74, 6) is 1.17. The van der Waals surface area contributed by atoms with Gasteiger partial charge in [-0.3, -0.25) is 0 Å². The second-order valence-electron chi connectivity index (χ2n) is 6.60. The van der Waals surface area contributed by atoms with Crippen LogP contribution in [0.4, 0.5) is 0 Å². The van der Waals surface area contributed by atoms with Crippen molar-refractivity contribution in [2.75, 3.05) is 12.3 Å². The van der Waals surface area contributed by atoms with Gasteiger partial charge in [0, 0.05) is 16.7 Å². The summed E-state index contributed by atoms with van der Waals surface area (Å²) in [7, 11) is 0. The van der Waals surface area contributed by atoms with Crippen molar-refractivity contribution < 1.29 is 5.11 Å². The van der Waals surface area contributed by atoms with Crippen molar-refractivity contribution in [3.05, 3.63) is 65.2 Å². The molecule has 1 aliphatic heterocycles. The molecule has 0 aromatic heterocycles. The predicted molar refractivity (Wildman–Crippen MR) is 103 cm³/mol. The van der Waals surface area contributed by atoms with E-state index in [-0.39, 0.29) is 6.04 Å². The largest absolute Gasteiger partial charge is 0.387 e. The normalized spacial score (nSPS) is 15.9. The van der Waals surface area contributed by atoms with Crippen LogP contribution in [0.15, 0.2) is 53.4 Å². The van der Waals surface area contributed by atoms with E-state index in [1.165, 1.54) is 28.2 Å². The number of fused-ring (bicyclic) bond motifs is 1. The number of thioether (sulfide) groups is 1. The maximum absolute atomic E-state index is 10.6. The zero-order chi connectivity index (χ0) is 16.8. The van der Waals surface area contributed by atoms with E-state index >= 15 is 0 Å². The summed E-state index contributed by atoms with van der Waals surface area (Å²) in [6.45, 7) is 3.02. The van der Waals surface area contributed by atoms with Gasteiger partial charge in [0.15, 0.2) is 0 Å². The quantitative estimate of drug-likeness (QED) is 0.699. The molecule has 3 rings (SSSR count). The highest BCUT2D eigenvalue weighted by Crippen LogP contribution is 2.33. The van der Waals surface area contributed by atoms with Crippen LogP contribution in [0.25, 0.3) is 0 Å². The lowest BCUT2D eigenvalue weighted by Gasteiger charge is -2.21. The summed E-state index contributed by atoms with van der Waals surface area (Å²) < 4.78 is 0. The van der Waals surface area contributed by atoms with Gasteiger partial charge in [0.2, 0.25) is 0 Å². The predicted octanol–water partition coefficient (Wildman–Crippen LogP) is 4.37. The average Bonchev–Trinajstić information content (AvgIpc) is 3.09. The first-order valence-electron chi connectivity index (χ1n) is 8.95. The minimum Gasteiger partial charge on any atom is -0.387 e. The maximum atomic E-state index is 10.6. The first-order valence-corrected chi connectivity index (χ1v) is 9.93. The fourth-order valence-corrected chi connectivity index (χ4v) is 4.27. The lowest BCUT2D eigenvalue weighted by atomic mass is 10.00. The molecule has 2 aromatic carbocycles. The highest BCUT2D eigenvalue weighted by atomic mass is 32.2. The van der Waals surface area contributed by atoms with Crippen LogP contribution >= 0.6 is 11.8 Å². The number of aliphatic hydroxyl groups is 1. The molecule has 0 amide bonds. The SMILES string of the molecule is C[C@@H](NCCCCc1ccccc1)[C@H](O)c1ccc2c(c1)CCS2. The van der Waals surface area contributed by atoms with Gasteiger partial charge in [0.05, 0.1) is 6.10 Å². The molecule has 3 heteroatoms. The zero-order valence-corrected chi connectivity index (χ0v) is 15.2. The Hall–Kier alpha value is -1.29. The molecule has 128 valence electrons. The molecule has 0 radical (unpaired) electrons. The molecule has 0 saturated heterocycles. The topological polar surface area (TPSA) is 32.3 Å². The third kappa shape index (κ3) is 4.62. The zero-order valence-electron chi connectivity index (χ0n) is 14.4. The van der Waals surface area contributed by atoms with Gasteiger partial charge in [-0.25, -0.2) is 0 Å². The van der Waals surface area contributed by atoms with Crippen molar-refractivity contribution in [2.45, 2.75) is 49.6 Å². The van der Waals surface area contributed by atoms with Crippen LogP contribution in [-0.2, 0) is 12.8 Å². The second-order valence-corrected chi connectivity index (χ2v) is 7.73. The Bertz CT molecular complexity index is 644. The molecule has 0 bridgehead atoms. The Labute approximate surface area is 149 Å². The highest BCUT2D eigenvalue weighted by molar-refractivity contribution is 7.99. The minimum atomic E-state index is -0.435. The van der Waals surface area contributed by atoms with Gasteiger partial charge in [-0.2, -0.15) is 0 Å². The van der Waals surface area contributed by atoms with E-state index in [1.54, 1.807) is 0 Å². The fraction of sp³-hybridized carbons (Fsp3) is 0.429. The van der Waals surface area contributed by atoms with E-state index in [4.69, 9.17) is 0 Å². The summed E-state index contributed by atoms with van der Waals surface area (Å²) in [6, 6.07) is 17.1. The molecule has 2 nitrogen and oxygen atoms in total. The van der Waals surface area contributed by atoms with E-state index < -0.39 is 6.10 Å². The Morgan fingerprint density at radius 1 is 1.12 bits per heavy atom. The smallest absolute Gasteiger partial charge is 0.0940 e. The van der Waals surface area contributed by atoms with Crippen LogP contribution in [0.5, 0.6) is 0 Å². The molecule has 24 heavy (non-hydrogen) atoms. The van der Waals surface area contributed by atoms with Crippen LogP contribution in [0.2, 0.25) is 0 Å². The second kappa shape index (κ2) is 8.70. The number of aryl methyl sites for hydroxylation is 2. The Kier molecular flexibility index (Phi) is 6.36. The number of hydrogen-bond donors (Lipinski definition) is 2. The van der Waals surface area contributed by atoms with Crippen molar-refractivity contribution in [2.24, 2.45) is 0 Å². The lowest BCUT2D eigenvalue weighted by Crippen LogP contribution is -2.33. The molecule has 2 N–H and O–H groups in total. The molecular formula is C21H27NOS. The first-order chi connectivity index (χ1) is 11.7. The molecule has 1 heterocycles. The third-order valence-electron chi connectivity index (χ3n) is 4.73. The number of rotatable bonds is 8. The first kappa shape index (κ1) is 17.5. The van der Waals surface area contributed by atoms with Crippen LogP contribution in [0.1, 0.15) is 42.6 Å². The molecule has 0 saturated carbocycles. The average molecular weight is 342 g/mol. The Balaban J connectivity index is 1.40. The van der Waals surface area contributed by atoms with E-state index in [0.717, 1.165) is 31.4 Å². The molecular weight excluding hydrogens is 314 g/mol. The summed E-state index contributed by atoms with van der Waals surface area (Å²) in [6.07, 6.45) is 4.13. The summed E-state index contributed by atoms with van der Waals surface area (Å²) in [4.78, 5) is 1.38. The van der Waals surface area contributed by atoms with Crippen molar-refractivity contribution in [1.29, 1.82) is 0 Å². The highest BCUT2D eigenvalue weighted by Gasteiger charge is 2.19. The molecule has 0 unspecified atom stereocenters. The minimum absolute atomic E-state index is 0.0776. The third-order valence-corrected chi connectivity index (χ3v) is 5.85. The van der Waals surface area contributed by atoms with Crippen molar-refractivity contribution in [3.63, 3.8) is 0 Å². The van der Waals surface area contributed by atoms with Gasteiger partial charge < -0.3 is 10.4 Å². The molecule has 2 aromatic rings. The number of benzene rings is 2. The molecule has 2 atom stereocenters. The lowest BCUT2D eigenvalue weighted by molar-refractivity contribution is 0.136. The number of hydrogen-bond acceptors (Lipinski definition) is 3. The van der Waals surface area contributed by atoms with Crippen LogP contribution in [-0.4, -0.2) is 23.4 Å². The van der Waals surface area contributed by atoms with E-state index in [1.807, 2.05) is 11.8 Å². The van der Waals surface area contributed by atoms with Crippen molar-refractivity contribution in [1.82, 2.24) is 5.32 Å². The molecule has 0 aliphatic carbocycles. The standard InChI is InChI=1S/C21H27NOS/c1-16(22-13-6-5-9-17-7-3-2-4-8-17)21(23)19-10-11-20-18(15-19)12-14-24-20/h2-4,7-8,10-11,15-16,21-23H,5-6,9,12-14H2,1H3/t16-,21+/m1/s1. The van der Waals surface area contributed by atoms with E-state index in [2.05, 4.69) is 60.8 Å². The Morgan fingerprint density at radius 2 is 1.96 bits per heavy atom. The van der Waals surface area contributed by atoms with E-state index in [0.29, 0.717) is 0 Å². The molecule has 0 fully saturated rings. The summed E-state index contributed by atoms with van der Waals surface area (Å²) in [5, 5.41) is 14.1. The fourth-order valence-electron chi connectivity index (χ4n) is 3.22. The van der Waals surface area contributed by atoms with Crippen LogP contribution < -0.4 is 5.32 Å². The van der Waals surface area contributed by atoms with Crippen LogP contribution in [0.3, 0.4) is 0 Å². The van der Waals surface area contributed by atoms with Gasteiger partial charge in [0.1, 0.15) is 0 Å². The summed E-state index contributed by atoms with van der Waals surface area (Å²) in [5.41, 5.74) is 3.84. The van der Waals surface area contributed by atoms with Gasteiger partial charge in [0.25, 0.3) is 0 Å². The van der Waals surface area contributed by atoms with Crippen molar-refractivity contribution >= 4 is 11.8 Å². The maximum Gasteiger partial charge on any atom is 0.0940 e. The monoisotopic (exact) mass is 341 g/mol. The van der Waals surface area contributed by atoms with Gasteiger partial charge >= 0.3 is 0 Å². The number of nitrogens with one attached hydrogen (secondary N) is 1. The summed E-state index contributed by atoms with van der Waals surface area (Å²) >= 11 is 1.92. The van der Waals surface area contributed by atoms with Gasteiger partial charge in [-0.15, -0.1) is 11.8 Å². The van der Waals surface area contributed by atoms with Crippen molar-refractivity contribution in [3.8, 4) is 0 Å². The van der Waals surface area contributed by atoms with Gasteiger partial charge in [-0.05, 0) is 61.9 Å². The number of unbranched alkanes of at least 4 members (excludes halogenated alkanes) is 1. The van der Waals surface area contributed by atoms with E-state index in [9.17, 15) is 5.11 Å². The Morgan fingerprint density at radius 3 is 2.79 bits per heavy atom. The van der Waals surface area contributed by atoms with Gasteiger partial charge in [-0.1, -0.05) is 42.5 Å². The molecule has 1 aliphatic rings.